The molecule has 1 aromatic carbocycles. The lowest BCUT2D eigenvalue weighted by Gasteiger charge is -2.30. The summed E-state index contributed by atoms with van der Waals surface area (Å²) in [5.41, 5.74) is 3.88. The van der Waals surface area contributed by atoms with Crippen LogP contribution in [0.2, 0.25) is 0 Å². The number of carbonyl (C=O) groups is 2. The van der Waals surface area contributed by atoms with Crippen molar-refractivity contribution in [3.63, 3.8) is 0 Å². The Kier molecular flexibility index (Phi) is 4.26. The molecule has 0 saturated carbocycles. The van der Waals surface area contributed by atoms with Gasteiger partial charge in [0.2, 0.25) is 0 Å². The van der Waals surface area contributed by atoms with Crippen molar-refractivity contribution in [2.24, 2.45) is 0 Å². The van der Waals surface area contributed by atoms with E-state index >= 15 is 0 Å². The molecule has 0 aliphatic heterocycles. The van der Waals surface area contributed by atoms with Crippen LogP contribution in [0.4, 0.5) is 0 Å². The van der Waals surface area contributed by atoms with Crippen molar-refractivity contribution in [2.75, 3.05) is 14.2 Å². The minimum absolute atomic E-state index is 0.0157. The van der Waals surface area contributed by atoms with E-state index in [2.05, 4.69) is 12.2 Å². The Bertz CT molecular complexity index is 988. The standard InChI is InChI=1S/C21H20N2O4/c1-26-17(24)11-21(12-18(25)27-2)14-8-4-3-7-13(14)19-20(21)23-16-10-6-5-9-15(16)22-19/h5-10H,3-4,11-12H2,1-2H3. The summed E-state index contributed by atoms with van der Waals surface area (Å²) in [4.78, 5) is 34.3. The predicted molar refractivity (Wildman–Crippen MR) is 99.8 cm³/mol. The zero-order valence-electron chi connectivity index (χ0n) is 15.3. The molecule has 2 aliphatic rings. The fourth-order valence-electron chi connectivity index (χ4n) is 4.06. The maximum atomic E-state index is 12.3. The number of nitrogens with zero attached hydrogens (tertiary/aromatic N) is 2. The summed E-state index contributed by atoms with van der Waals surface area (Å²) in [5.74, 6) is -0.792. The first-order chi connectivity index (χ1) is 13.1. The summed E-state index contributed by atoms with van der Waals surface area (Å²) in [6.07, 6.45) is 5.97. The van der Waals surface area contributed by atoms with Crippen LogP contribution in [0, 0.1) is 0 Å². The Hall–Kier alpha value is -3.02. The van der Waals surface area contributed by atoms with Crippen molar-refractivity contribution in [3.8, 4) is 0 Å². The molecule has 0 fully saturated rings. The number of allylic oxidation sites excluding steroid dienone is 4. The first kappa shape index (κ1) is 17.4. The van der Waals surface area contributed by atoms with Crippen molar-refractivity contribution in [2.45, 2.75) is 31.1 Å². The van der Waals surface area contributed by atoms with Gasteiger partial charge in [-0.2, -0.15) is 0 Å². The molecule has 0 spiro atoms. The van der Waals surface area contributed by atoms with Crippen LogP contribution in [0.15, 0.2) is 42.0 Å². The van der Waals surface area contributed by atoms with E-state index < -0.39 is 17.4 Å². The van der Waals surface area contributed by atoms with E-state index in [0.29, 0.717) is 5.69 Å². The normalized spacial score (nSPS) is 16.8. The molecule has 0 N–H and O–H groups in total. The van der Waals surface area contributed by atoms with E-state index in [1.165, 1.54) is 14.2 Å². The number of carbonyl (C=O) groups excluding carboxylic acids is 2. The van der Waals surface area contributed by atoms with Crippen LogP contribution in [-0.2, 0) is 24.5 Å². The highest BCUT2D eigenvalue weighted by molar-refractivity contribution is 5.94. The number of hydrogen-bond donors (Lipinski definition) is 0. The topological polar surface area (TPSA) is 78.4 Å². The molecule has 27 heavy (non-hydrogen) atoms. The van der Waals surface area contributed by atoms with Gasteiger partial charge in [-0.3, -0.25) is 9.59 Å². The molecule has 4 rings (SSSR count). The third-order valence-corrected chi connectivity index (χ3v) is 5.30. The molecular formula is C21H20N2O4. The van der Waals surface area contributed by atoms with Gasteiger partial charge in [0.15, 0.2) is 0 Å². The molecule has 6 nitrogen and oxygen atoms in total. The van der Waals surface area contributed by atoms with Gasteiger partial charge in [-0.1, -0.05) is 24.3 Å². The number of benzene rings is 1. The molecule has 138 valence electrons. The molecule has 2 aliphatic carbocycles. The van der Waals surface area contributed by atoms with E-state index in [0.717, 1.165) is 40.7 Å². The van der Waals surface area contributed by atoms with Gasteiger partial charge in [0.1, 0.15) is 0 Å². The average Bonchev–Trinajstić information content (AvgIpc) is 2.95. The third kappa shape index (κ3) is 2.72. The van der Waals surface area contributed by atoms with Gasteiger partial charge in [0, 0.05) is 5.57 Å². The molecule has 0 amide bonds. The van der Waals surface area contributed by atoms with Crippen LogP contribution in [-0.4, -0.2) is 36.1 Å². The van der Waals surface area contributed by atoms with Gasteiger partial charge in [0.05, 0.1) is 54.9 Å². The second-order valence-corrected chi connectivity index (χ2v) is 6.81. The molecular weight excluding hydrogens is 344 g/mol. The Balaban J connectivity index is 2.00. The average molecular weight is 364 g/mol. The van der Waals surface area contributed by atoms with E-state index in [4.69, 9.17) is 19.4 Å². The molecule has 0 unspecified atom stereocenters. The maximum absolute atomic E-state index is 12.3. The smallest absolute Gasteiger partial charge is 0.306 e. The summed E-state index contributed by atoms with van der Waals surface area (Å²) in [6.45, 7) is 0. The predicted octanol–water partition coefficient (Wildman–Crippen LogP) is 3.11. The van der Waals surface area contributed by atoms with E-state index in [9.17, 15) is 9.59 Å². The lowest BCUT2D eigenvalue weighted by Crippen LogP contribution is -2.34. The monoisotopic (exact) mass is 364 g/mol. The third-order valence-electron chi connectivity index (χ3n) is 5.30. The second-order valence-electron chi connectivity index (χ2n) is 6.81. The number of methoxy groups -OCH3 is 2. The summed E-state index contributed by atoms with van der Waals surface area (Å²) in [7, 11) is 2.70. The zero-order chi connectivity index (χ0) is 19.0. The van der Waals surface area contributed by atoms with Crippen LogP contribution < -0.4 is 0 Å². The minimum Gasteiger partial charge on any atom is -0.469 e. The van der Waals surface area contributed by atoms with Gasteiger partial charge >= 0.3 is 11.9 Å². The van der Waals surface area contributed by atoms with Crippen molar-refractivity contribution < 1.29 is 19.1 Å². The Morgan fingerprint density at radius 1 is 0.963 bits per heavy atom. The van der Waals surface area contributed by atoms with Gasteiger partial charge in [0.25, 0.3) is 0 Å². The van der Waals surface area contributed by atoms with Gasteiger partial charge in [-0.15, -0.1) is 0 Å². The number of aromatic nitrogens is 2. The van der Waals surface area contributed by atoms with Crippen LogP contribution >= 0.6 is 0 Å². The lowest BCUT2D eigenvalue weighted by atomic mass is 9.73. The number of hydrogen-bond acceptors (Lipinski definition) is 6. The lowest BCUT2D eigenvalue weighted by molar-refractivity contribution is -0.144. The molecule has 1 heterocycles. The largest absolute Gasteiger partial charge is 0.469 e. The second kappa shape index (κ2) is 6.61. The molecule has 0 saturated heterocycles. The highest BCUT2D eigenvalue weighted by Gasteiger charge is 2.51. The first-order valence-electron chi connectivity index (χ1n) is 8.91. The summed E-state index contributed by atoms with van der Waals surface area (Å²) in [6, 6.07) is 7.61. The zero-order valence-corrected chi connectivity index (χ0v) is 15.3. The van der Waals surface area contributed by atoms with Gasteiger partial charge < -0.3 is 9.47 Å². The fourth-order valence-corrected chi connectivity index (χ4v) is 4.06. The van der Waals surface area contributed by atoms with E-state index in [-0.39, 0.29) is 12.8 Å². The fraction of sp³-hybridized carbons (Fsp3) is 0.333. The summed E-state index contributed by atoms with van der Waals surface area (Å²) >= 11 is 0. The van der Waals surface area contributed by atoms with Gasteiger partial charge in [-0.05, 0) is 30.5 Å². The van der Waals surface area contributed by atoms with Crippen molar-refractivity contribution in [1.82, 2.24) is 9.97 Å². The first-order valence-corrected chi connectivity index (χ1v) is 8.91. The molecule has 0 radical (unpaired) electrons. The maximum Gasteiger partial charge on any atom is 0.306 e. The Labute approximate surface area is 156 Å². The molecule has 0 bridgehead atoms. The summed E-state index contributed by atoms with van der Waals surface area (Å²) < 4.78 is 9.90. The number of para-hydroxylation sites is 2. The number of esters is 2. The number of ether oxygens (including phenoxy) is 2. The molecule has 0 atom stereocenters. The quantitative estimate of drug-likeness (QED) is 0.776. The van der Waals surface area contributed by atoms with Crippen LogP contribution in [0.5, 0.6) is 0 Å². The van der Waals surface area contributed by atoms with Crippen molar-refractivity contribution in [1.29, 1.82) is 0 Å². The Morgan fingerprint density at radius 2 is 1.56 bits per heavy atom. The van der Waals surface area contributed by atoms with Crippen LogP contribution in [0.3, 0.4) is 0 Å². The van der Waals surface area contributed by atoms with Gasteiger partial charge in [-0.25, -0.2) is 9.97 Å². The number of rotatable bonds is 4. The van der Waals surface area contributed by atoms with E-state index in [1.54, 1.807) is 0 Å². The molecule has 6 heteroatoms. The molecule has 1 aromatic heterocycles. The Morgan fingerprint density at radius 3 is 2.19 bits per heavy atom. The number of fused-ring (bicyclic) bond motifs is 4. The van der Waals surface area contributed by atoms with E-state index in [1.807, 2.05) is 24.3 Å². The highest BCUT2D eigenvalue weighted by atomic mass is 16.5. The SMILES string of the molecule is COC(=O)CC1(CC(=O)OC)C2=CCCC=C2c2nc3ccccc3nc21. The van der Waals surface area contributed by atoms with Crippen LogP contribution in [0.1, 0.15) is 37.1 Å². The summed E-state index contributed by atoms with van der Waals surface area (Å²) in [5, 5.41) is 0. The van der Waals surface area contributed by atoms with Crippen molar-refractivity contribution in [3.05, 3.63) is 53.4 Å². The molecule has 2 aromatic rings. The highest BCUT2D eigenvalue weighted by Crippen LogP contribution is 2.54. The van der Waals surface area contributed by atoms with Crippen molar-refractivity contribution >= 4 is 28.5 Å². The minimum atomic E-state index is -0.918. The van der Waals surface area contributed by atoms with Crippen LogP contribution in [0.25, 0.3) is 16.6 Å².